The maximum absolute atomic E-state index is 12.3. The highest BCUT2D eigenvalue weighted by Gasteiger charge is 2.68. The number of imide groups is 1. The number of amides is 3. The Bertz CT molecular complexity index is 467. The highest BCUT2D eigenvalue weighted by molar-refractivity contribution is 6.08. The minimum atomic E-state index is -1.30. The van der Waals surface area contributed by atoms with E-state index in [-0.39, 0.29) is 0 Å². The van der Waals surface area contributed by atoms with Gasteiger partial charge in [-0.05, 0) is 20.8 Å². The van der Waals surface area contributed by atoms with Crippen molar-refractivity contribution in [2.45, 2.75) is 56.7 Å². The Balaban J connectivity index is 2.03. The maximum Gasteiger partial charge on any atom is 0.322 e. The molecule has 0 bridgehead atoms. The zero-order valence-electron chi connectivity index (χ0n) is 11.8. The van der Waals surface area contributed by atoms with E-state index in [4.69, 9.17) is 18.9 Å². The Kier molecular flexibility index (Phi) is 2.85. The van der Waals surface area contributed by atoms with Crippen LogP contribution in [-0.4, -0.2) is 55.0 Å². The number of hydrogen-bond acceptors (Lipinski definition) is 6. The average molecular weight is 286 g/mol. The van der Waals surface area contributed by atoms with Crippen LogP contribution in [0.15, 0.2) is 0 Å². The van der Waals surface area contributed by atoms with Crippen molar-refractivity contribution >= 4 is 11.9 Å². The molecule has 0 aromatic rings. The number of rotatable bonds is 1. The lowest BCUT2D eigenvalue weighted by Crippen LogP contribution is -2.72. The average Bonchev–Trinajstić information content (AvgIpc) is 2.82. The van der Waals surface area contributed by atoms with Gasteiger partial charge in [0.15, 0.2) is 17.6 Å². The molecule has 0 unspecified atom stereocenters. The zero-order chi connectivity index (χ0) is 14.7. The Morgan fingerprint density at radius 3 is 2.50 bits per heavy atom. The van der Waals surface area contributed by atoms with Crippen molar-refractivity contribution in [3.05, 3.63) is 0 Å². The van der Waals surface area contributed by atoms with Crippen molar-refractivity contribution in [3.63, 3.8) is 0 Å². The molecule has 0 aromatic carbocycles. The third-order valence-corrected chi connectivity index (χ3v) is 3.98. The monoisotopic (exact) mass is 286 g/mol. The topological polar surface area (TPSA) is 95.1 Å². The number of nitrogens with one attached hydrogen (secondary N) is 2. The molecule has 0 aromatic heterocycles. The maximum atomic E-state index is 12.3. The minimum absolute atomic E-state index is 0.471. The number of carbonyl (C=O) groups excluding carboxylic acids is 2. The first-order valence-electron chi connectivity index (χ1n) is 6.47. The lowest BCUT2D eigenvalue weighted by Gasteiger charge is -2.45. The van der Waals surface area contributed by atoms with Crippen LogP contribution < -0.4 is 10.6 Å². The second-order valence-electron chi connectivity index (χ2n) is 5.68. The molecule has 3 fully saturated rings. The van der Waals surface area contributed by atoms with E-state index in [2.05, 4.69) is 10.6 Å². The van der Waals surface area contributed by atoms with Crippen LogP contribution in [0.3, 0.4) is 0 Å². The predicted molar refractivity (Wildman–Crippen MR) is 64.6 cm³/mol. The fraction of sp³-hybridized carbons (Fsp3) is 0.833. The van der Waals surface area contributed by atoms with Crippen LogP contribution in [0, 0.1) is 0 Å². The molecule has 0 aliphatic carbocycles. The molecule has 3 saturated heterocycles. The first-order chi connectivity index (χ1) is 9.30. The molecule has 3 amide bonds. The standard InChI is InChI=1S/C12H18N2O6/c1-5-12(9(15)13-10(16)14-12)7-6(8(17-4)18-5)19-11(2,3)20-7/h5-8H,1-4H3,(H2,13,14,15,16)/t5-,6+,7-,8+,12+/m0/s1. The van der Waals surface area contributed by atoms with Gasteiger partial charge in [0.1, 0.15) is 12.2 Å². The number of methoxy groups -OCH3 is 1. The molecule has 1 spiro atoms. The summed E-state index contributed by atoms with van der Waals surface area (Å²) in [7, 11) is 1.49. The fourth-order valence-electron chi connectivity index (χ4n) is 3.12. The molecule has 8 heteroatoms. The zero-order valence-corrected chi connectivity index (χ0v) is 11.8. The molecule has 2 N–H and O–H groups in total. The number of ether oxygens (including phenoxy) is 4. The van der Waals surface area contributed by atoms with Gasteiger partial charge in [-0.25, -0.2) is 4.79 Å². The van der Waals surface area contributed by atoms with Crippen LogP contribution in [0.5, 0.6) is 0 Å². The van der Waals surface area contributed by atoms with Crippen molar-refractivity contribution in [2.75, 3.05) is 7.11 Å². The van der Waals surface area contributed by atoms with E-state index >= 15 is 0 Å². The summed E-state index contributed by atoms with van der Waals surface area (Å²) in [5, 5.41) is 4.87. The molecule has 20 heavy (non-hydrogen) atoms. The first-order valence-corrected chi connectivity index (χ1v) is 6.47. The van der Waals surface area contributed by atoms with E-state index in [0.717, 1.165) is 0 Å². The quantitative estimate of drug-likeness (QED) is 0.630. The summed E-state index contributed by atoms with van der Waals surface area (Å²) in [5.74, 6) is -1.36. The molecule has 3 aliphatic rings. The van der Waals surface area contributed by atoms with Crippen molar-refractivity contribution in [1.29, 1.82) is 0 Å². The van der Waals surface area contributed by atoms with E-state index in [1.807, 2.05) is 0 Å². The third-order valence-electron chi connectivity index (χ3n) is 3.98. The predicted octanol–water partition coefficient (Wildman–Crippen LogP) is -0.524. The Morgan fingerprint density at radius 1 is 1.25 bits per heavy atom. The number of carbonyl (C=O) groups is 2. The van der Waals surface area contributed by atoms with Gasteiger partial charge in [-0.1, -0.05) is 0 Å². The van der Waals surface area contributed by atoms with Gasteiger partial charge in [-0.2, -0.15) is 0 Å². The van der Waals surface area contributed by atoms with Crippen LogP contribution in [0.4, 0.5) is 4.79 Å². The Morgan fingerprint density at radius 2 is 1.95 bits per heavy atom. The van der Waals surface area contributed by atoms with Crippen molar-refractivity contribution < 1.29 is 28.5 Å². The summed E-state index contributed by atoms with van der Waals surface area (Å²) in [4.78, 5) is 23.8. The van der Waals surface area contributed by atoms with E-state index in [0.29, 0.717) is 0 Å². The summed E-state index contributed by atoms with van der Waals surface area (Å²) < 4.78 is 22.6. The van der Waals surface area contributed by atoms with Gasteiger partial charge in [-0.3, -0.25) is 10.1 Å². The van der Waals surface area contributed by atoms with E-state index in [1.54, 1.807) is 20.8 Å². The van der Waals surface area contributed by atoms with E-state index < -0.39 is 47.9 Å². The van der Waals surface area contributed by atoms with Crippen LogP contribution in [0.1, 0.15) is 20.8 Å². The third kappa shape index (κ3) is 1.69. The van der Waals surface area contributed by atoms with E-state index in [9.17, 15) is 9.59 Å². The van der Waals surface area contributed by atoms with Crippen LogP contribution in [0.2, 0.25) is 0 Å². The molecule has 5 atom stereocenters. The van der Waals surface area contributed by atoms with Gasteiger partial charge in [0, 0.05) is 7.11 Å². The lowest BCUT2D eigenvalue weighted by atomic mass is 9.81. The smallest absolute Gasteiger partial charge is 0.322 e. The molecule has 3 heterocycles. The van der Waals surface area contributed by atoms with Gasteiger partial charge < -0.3 is 24.3 Å². The van der Waals surface area contributed by atoms with Crippen molar-refractivity contribution in [2.24, 2.45) is 0 Å². The number of fused-ring (bicyclic) bond motifs is 2. The molecule has 0 radical (unpaired) electrons. The van der Waals surface area contributed by atoms with Gasteiger partial charge in [0.25, 0.3) is 5.91 Å². The largest absolute Gasteiger partial charge is 0.353 e. The normalized spacial score (nSPS) is 46.2. The summed E-state index contributed by atoms with van der Waals surface area (Å²) in [6.45, 7) is 5.18. The number of hydrogen-bond donors (Lipinski definition) is 2. The van der Waals surface area contributed by atoms with Crippen LogP contribution >= 0.6 is 0 Å². The molecule has 0 saturated carbocycles. The van der Waals surface area contributed by atoms with Crippen molar-refractivity contribution in [1.82, 2.24) is 10.6 Å². The van der Waals surface area contributed by atoms with Gasteiger partial charge in [0.2, 0.25) is 0 Å². The summed E-state index contributed by atoms with van der Waals surface area (Å²) in [6.07, 6.45) is -2.56. The summed E-state index contributed by atoms with van der Waals surface area (Å²) in [5.41, 5.74) is -1.30. The SMILES string of the molecule is CO[C@@H]1O[C@@H](C)[C@@]2(NC(=O)NC2=O)[C@H]2OC(C)(C)O[C@@H]12. The summed E-state index contributed by atoms with van der Waals surface area (Å²) in [6, 6.07) is -0.562. The summed E-state index contributed by atoms with van der Waals surface area (Å²) >= 11 is 0. The highest BCUT2D eigenvalue weighted by Crippen LogP contribution is 2.43. The Hall–Kier alpha value is -1.22. The van der Waals surface area contributed by atoms with Gasteiger partial charge >= 0.3 is 6.03 Å². The minimum Gasteiger partial charge on any atom is -0.353 e. The number of urea groups is 1. The lowest BCUT2D eigenvalue weighted by molar-refractivity contribution is -0.255. The van der Waals surface area contributed by atoms with Crippen LogP contribution in [-0.2, 0) is 23.7 Å². The molecular weight excluding hydrogens is 268 g/mol. The van der Waals surface area contributed by atoms with Crippen LogP contribution in [0.25, 0.3) is 0 Å². The Labute approximate surface area is 116 Å². The second kappa shape index (κ2) is 4.14. The molecule has 3 aliphatic heterocycles. The molecule has 3 rings (SSSR count). The van der Waals surface area contributed by atoms with Gasteiger partial charge in [-0.15, -0.1) is 0 Å². The van der Waals surface area contributed by atoms with Gasteiger partial charge in [0.05, 0.1) is 6.10 Å². The van der Waals surface area contributed by atoms with Crippen molar-refractivity contribution in [3.8, 4) is 0 Å². The molecular formula is C12H18N2O6. The highest BCUT2D eigenvalue weighted by atomic mass is 16.8. The molecule has 8 nitrogen and oxygen atoms in total. The van der Waals surface area contributed by atoms with E-state index in [1.165, 1.54) is 7.11 Å². The fourth-order valence-corrected chi connectivity index (χ4v) is 3.12. The second-order valence-corrected chi connectivity index (χ2v) is 5.68. The first kappa shape index (κ1) is 13.7. The molecule has 112 valence electrons.